The number of nitrogens with zero attached hydrogens (tertiary/aromatic N) is 2. The molecule has 0 aliphatic heterocycles. The summed E-state index contributed by atoms with van der Waals surface area (Å²) < 4.78 is 0.903. The third-order valence-electron chi connectivity index (χ3n) is 3.44. The van der Waals surface area contributed by atoms with Crippen LogP contribution in [0.1, 0.15) is 16.8 Å². The highest BCUT2D eigenvalue weighted by Gasteiger charge is 2.10. The molecule has 2 aromatic carbocycles. The predicted octanol–water partition coefficient (Wildman–Crippen LogP) is 3.73. The highest BCUT2D eigenvalue weighted by Crippen LogP contribution is 2.25. The fraction of sp³-hybridized carbons (Fsp3) is 0.111. The van der Waals surface area contributed by atoms with E-state index in [2.05, 4.69) is 36.8 Å². The number of nitrogens with one attached hydrogen (secondary N) is 2. The Hall–Kier alpha value is -2.58. The number of hydrogen-bond acceptors (Lipinski definition) is 5. The van der Waals surface area contributed by atoms with Crippen LogP contribution in [0.2, 0.25) is 0 Å². The van der Waals surface area contributed by atoms with Crippen LogP contribution < -0.4 is 10.6 Å². The standard InChI is InChI=1S/C18H15BrN4O2S/c19-14-8-6-12(7-9-14)16(25)20-11-10-15(24)21-18-23-22-17(26-18)13-4-2-1-3-5-13/h1-9H,10-11H2,(H,20,25)(H,21,23,24). The lowest BCUT2D eigenvalue weighted by Gasteiger charge is -2.05. The van der Waals surface area contributed by atoms with E-state index < -0.39 is 0 Å². The largest absolute Gasteiger partial charge is 0.352 e. The maximum absolute atomic E-state index is 12.0. The Labute approximate surface area is 162 Å². The number of rotatable bonds is 6. The van der Waals surface area contributed by atoms with E-state index in [0.29, 0.717) is 10.7 Å². The second kappa shape index (κ2) is 8.68. The molecule has 2 N–H and O–H groups in total. The zero-order chi connectivity index (χ0) is 18.4. The molecule has 3 aromatic rings. The van der Waals surface area contributed by atoms with E-state index in [1.54, 1.807) is 24.3 Å². The zero-order valence-electron chi connectivity index (χ0n) is 13.6. The first kappa shape index (κ1) is 18.2. The van der Waals surface area contributed by atoms with Gasteiger partial charge < -0.3 is 10.6 Å². The third-order valence-corrected chi connectivity index (χ3v) is 4.85. The molecular weight excluding hydrogens is 416 g/mol. The van der Waals surface area contributed by atoms with E-state index in [9.17, 15) is 9.59 Å². The van der Waals surface area contributed by atoms with Gasteiger partial charge in [0.2, 0.25) is 11.0 Å². The van der Waals surface area contributed by atoms with Crippen LogP contribution in [-0.4, -0.2) is 28.6 Å². The van der Waals surface area contributed by atoms with Crippen LogP contribution in [0.5, 0.6) is 0 Å². The van der Waals surface area contributed by atoms with E-state index in [1.165, 1.54) is 11.3 Å². The minimum Gasteiger partial charge on any atom is -0.352 e. The number of amides is 2. The Kier molecular flexibility index (Phi) is 6.08. The molecule has 26 heavy (non-hydrogen) atoms. The number of aromatic nitrogens is 2. The molecule has 0 unspecified atom stereocenters. The lowest BCUT2D eigenvalue weighted by atomic mass is 10.2. The normalized spacial score (nSPS) is 10.3. The second-order valence-electron chi connectivity index (χ2n) is 5.34. The van der Waals surface area contributed by atoms with E-state index in [4.69, 9.17) is 0 Å². The van der Waals surface area contributed by atoms with Crippen molar-refractivity contribution in [1.29, 1.82) is 0 Å². The van der Waals surface area contributed by atoms with Gasteiger partial charge in [0.1, 0.15) is 5.01 Å². The predicted molar refractivity (Wildman–Crippen MR) is 105 cm³/mol. The van der Waals surface area contributed by atoms with Crippen molar-refractivity contribution in [3.8, 4) is 10.6 Å². The molecule has 6 nitrogen and oxygen atoms in total. The minimum atomic E-state index is -0.225. The van der Waals surface area contributed by atoms with Crippen molar-refractivity contribution in [2.45, 2.75) is 6.42 Å². The van der Waals surface area contributed by atoms with E-state index in [1.807, 2.05) is 30.3 Å². The highest BCUT2D eigenvalue weighted by atomic mass is 79.9. The summed E-state index contributed by atoms with van der Waals surface area (Å²) in [6.45, 7) is 0.241. The average Bonchev–Trinajstić information content (AvgIpc) is 3.11. The van der Waals surface area contributed by atoms with Crippen LogP contribution in [0.25, 0.3) is 10.6 Å². The molecule has 132 valence electrons. The van der Waals surface area contributed by atoms with Crippen molar-refractivity contribution in [3.05, 3.63) is 64.6 Å². The van der Waals surface area contributed by atoms with Crippen LogP contribution in [0.3, 0.4) is 0 Å². The van der Waals surface area contributed by atoms with Crippen molar-refractivity contribution >= 4 is 44.2 Å². The molecule has 0 fully saturated rings. The number of halogens is 1. The number of hydrogen-bond donors (Lipinski definition) is 2. The Morgan fingerprint density at radius 1 is 1.00 bits per heavy atom. The van der Waals surface area contributed by atoms with Crippen LogP contribution >= 0.6 is 27.3 Å². The summed E-state index contributed by atoms with van der Waals surface area (Å²) in [6.07, 6.45) is 0.155. The van der Waals surface area contributed by atoms with Gasteiger partial charge in [0, 0.05) is 28.6 Å². The van der Waals surface area contributed by atoms with Gasteiger partial charge >= 0.3 is 0 Å². The molecule has 0 saturated carbocycles. The maximum Gasteiger partial charge on any atom is 0.251 e. The molecule has 0 atom stereocenters. The summed E-state index contributed by atoms with van der Waals surface area (Å²) in [7, 11) is 0. The van der Waals surface area contributed by atoms with E-state index >= 15 is 0 Å². The molecule has 1 aromatic heterocycles. The molecular formula is C18H15BrN4O2S. The van der Waals surface area contributed by atoms with Gasteiger partial charge in [0.05, 0.1) is 0 Å². The lowest BCUT2D eigenvalue weighted by molar-refractivity contribution is -0.116. The van der Waals surface area contributed by atoms with Gasteiger partial charge in [-0.15, -0.1) is 10.2 Å². The van der Waals surface area contributed by atoms with Crippen LogP contribution in [-0.2, 0) is 4.79 Å². The Morgan fingerprint density at radius 2 is 1.73 bits per heavy atom. The van der Waals surface area contributed by atoms with Gasteiger partial charge in [-0.25, -0.2) is 0 Å². The number of carbonyl (C=O) groups is 2. The maximum atomic E-state index is 12.0. The van der Waals surface area contributed by atoms with Crippen molar-refractivity contribution in [2.24, 2.45) is 0 Å². The fourth-order valence-corrected chi connectivity index (χ4v) is 3.18. The van der Waals surface area contributed by atoms with Crippen molar-refractivity contribution in [1.82, 2.24) is 15.5 Å². The molecule has 0 spiro atoms. The topological polar surface area (TPSA) is 84.0 Å². The molecule has 1 heterocycles. The van der Waals surface area contributed by atoms with Gasteiger partial charge in [0.25, 0.3) is 5.91 Å². The quantitative estimate of drug-likeness (QED) is 0.623. The molecule has 3 rings (SSSR count). The van der Waals surface area contributed by atoms with Crippen molar-refractivity contribution < 1.29 is 9.59 Å². The minimum absolute atomic E-state index is 0.155. The Balaban J connectivity index is 1.46. The molecule has 0 aliphatic rings. The summed E-state index contributed by atoms with van der Waals surface area (Å²) in [6, 6.07) is 16.6. The first-order valence-corrected chi connectivity index (χ1v) is 9.45. The highest BCUT2D eigenvalue weighted by molar-refractivity contribution is 9.10. The molecule has 0 bridgehead atoms. The number of anilines is 1. The zero-order valence-corrected chi connectivity index (χ0v) is 16.0. The number of carbonyl (C=O) groups excluding carboxylic acids is 2. The van der Waals surface area contributed by atoms with Crippen LogP contribution in [0.15, 0.2) is 59.1 Å². The van der Waals surface area contributed by atoms with Gasteiger partial charge in [-0.3, -0.25) is 9.59 Å². The van der Waals surface area contributed by atoms with E-state index in [-0.39, 0.29) is 24.8 Å². The van der Waals surface area contributed by atoms with E-state index in [0.717, 1.165) is 15.0 Å². The van der Waals surface area contributed by atoms with Gasteiger partial charge in [-0.2, -0.15) is 0 Å². The van der Waals surface area contributed by atoms with Gasteiger partial charge in [-0.05, 0) is 24.3 Å². The molecule has 0 aliphatic carbocycles. The molecule has 0 radical (unpaired) electrons. The summed E-state index contributed by atoms with van der Waals surface area (Å²) >= 11 is 4.63. The smallest absolute Gasteiger partial charge is 0.251 e. The Morgan fingerprint density at radius 3 is 2.46 bits per heavy atom. The lowest BCUT2D eigenvalue weighted by Crippen LogP contribution is -2.27. The second-order valence-corrected chi connectivity index (χ2v) is 7.23. The average molecular weight is 431 g/mol. The molecule has 0 saturated heterocycles. The first-order chi connectivity index (χ1) is 12.6. The SMILES string of the molecule is O=C(CCNC(=O)c1ccc(Br)cc1)Nc1nnc(-c2ccccc2)s1. The summed E-state index contributed by atoms with van der Waals surface area (Å²) in [5, 5.41) is 14.6. The fourth-order valence-electron chi connectivity index (χ4n) is 2.15. The first-order valence-electron chi connectivity index (χ1n) is 7.84. The summed E-state index contributed by atoms with van der Waals surface area (Å²) in [5.41, 5.74) is 1.50. The van der Waals surface area contributed by atoms with Gasteiger partial charge in [-0.1, -0.05) is 57.6 Å². The van der Waals surface area contributed by atoms with Crippen molar-refractivity contribution in [2.75, 3.05) is 11.9 Å². The van der Waals surface area contributed by atoms with Gasteiger partial charge in [0.15, 0.2) is 0 Å². The summed E-state index contributed by atoms with van der Waals surface area (Å²) in [4.78, 5) is 24.0. The Bertz CT molecular complexity index is 897. The van der Waals surface area contributed by atoms with Crippen LogP contribution in [0.4, 0.5) is 5.13 Å². The molecule has 8 heteroatoms. The third kappa shape index (κ3) is 4.96. The number of benzene rings is 2. The molecule has 2 amide bonds. The monoisotopic (exact) mass is 430 g/mol. The van der Waals surface area contributed by atoms with Crippen LogP contribution in [0, 0.1) is 0 Å². The summed E-state index contributed by atoms with van der Waals surface area (Å²) in [5.74, 6) is -0.440. The van der Waals surface area contributed by atoms with Crippen molar-refractivity contribution in [3.63, 3.8) is 0 Å².